The highest BCUT2D eigenvalue weighted by Gasteiger charge is 2.22. The zero-order chi connectivity index (χ0) is 18.5. The summed E-state index contributed by atoms with van der Waals surface area (Å²) in [5.74, 6) is 0.368. The van der Waals surface area contributed by atoms with Crippen molar-refractivity contribution >= 4 is 17.6 Å². The molecule has 3 rings (SSSR count). The first-order chi connectivity index (χ1) is 12.5. The third-order valence-electron chi connectivity index (χ3n) is 4.73. The molecule has 1 aromatic heterocycles. The molecular weight excluding hydrogens is 356 g/mol. The van der Waals surface area contributed by atoms with Gasteiger partial charge in [-0.15, -0.1) is 0 Å². The summed E-state index contributed by atoms with van der Waals surface area (Å²) in [5, 5.41) is 13.7. The van der Waals surface area contributed by atoms with E-state index >= 15 is 0 Å². The lowest BCUT2D eigenvalue weighted by Crippen LogP contribution is -2.36. The number of hydrogen-bond donors (Lipinski definition) is 1. The molecule has 0 bridgehead atoms. The molecule has 26 heavy (non-hydrogen) atoms. The highest BCUT2D eigenvalue weighted by Crippen LogP contribution is 2.20. The maximum absolute atomic E-state index is 10.9. The van der Waals surface area contributed by atoms with Gasteiger partial charge in [0.15, 0.2) is 0 Å². The van der Waals surface area contributed by atoms with Gasteiger partial charge in [-0.25, -0.2) is 0 Å². The van der Waals surface area contributed by atoms with E-state index in [1.165, 1.54) is 0 Å². The first kappa shape index (κ1) is 18.8. The fraction of sp³-hybridized carbons (Fsp3) is 0.500. The molecular formula is C18H23ClN4O3. The predicted octanol–water partition coefficient (Wildman–Crippen LogP) is 2.76. The molecule has 1 N–H and O–H groups in total. The van der Waals surface area contributed by atoms with Gasteiger partial charge in [-0.05, 0) is 57.1 Å². The van der Waals surface area contributed by atoms with Crippen LogP contribution in [0.25, 0.3) is 11.4 Å². The van der Waals surface area contributed by atoms with Crippen LogP contribution >= 0.6 is 11.6 Å². The van der Waals surface area contributed by atoms with E-state index in [9.17, 15) is 4.79 Å². The number of carbonyl (C=O) groups is 1. The maximum Gasteiger partial charge on any atom is 0.317 e. The Morgan fingerprint density at radius 3 is 2.85 bits per heavy atom. The molecule has 0 aliphatic carbocycles. The predicted molar refractivity (Wildman–Crippen MR) is 97.9 cm³/mol. The molecule has 7 nitrogen and oxygen atoms in total. The number of nitrogens with zero attached hydrogens (tertiary/aromatic N) is 4. The van der Waals surface area contributed by atoms with Gasteiger partial charge in [0.2, 0.25) is 11.7 Å². The smallest absolute Gasteiger partial charge is 0.317 e. The second-order valence-electron chi connectivity index (χ2n) is 6.69. The van der Waals surface area contributed by atoms with Crippen molar-refractivity contribution in [2.75, 3.05) is 26.7 Å². The Morgan fingerprint density at radius 2 is 2.12 bits per heavy atom. The molecule has 0 spiro atoms. The standard InChI is InChI=1S/C18H23ClN4O3/c1-22(12-17(24)25)15-3-2-9-23(10-8-15)11-16-20-18(21-26-16)13-4-6-14(19)7-5-13/h4-7,15H,2-3,8-12H2,1H3,(H,24,25). The van der Waals surface area contributed by atoms with Crippen LogP contribution in [0.2, 0.25) is 5.02 Å². The van der Waals surface area contributed by atoms with Crippen molar-refractivity contribution in [2.45, 2.75) is 31.8 Å². The Labute approximate surface area is 157 Å². The van der Waals surface area contributed by atoms with Crippen molar-refractivity contribution in [1.82, 2.24) is 19.9 Å². The summed E-state index contributed by atoms with van der Waals surface area (Å²) in [6.45, 7) is 2.51. The van der Waals surface area contributed by atoms with E-state index < -0.39 is 5.97 Å². The minimum atomic E-state index is -0.783. The van der Waals surface area contributed by atoms with Crippen LogP contribution in [0.15, 0.2) is 28.8 Å². The monoisotopic (exact) mass is 378 g/mol. The highest BCUT2D eigenvalue weighted by molar-refractivity contribution is 6.30. The van der Waals surface area contributed by atoms with Crippen molar-refractivity contribution in [3.8, 4) is 11.4 Å². The van der Waals surface area contributed by atoms with E-state index in [4.69, 9.17) is 21.2 Å². The van der Waals surface area contributed by atoms with Crippen LogP contribution in [0, 0.1) is 0 Å². The first-order valence-corrected chi connectivity index (χ1v) is 9.12. The lowest BCUT2D eigenvalue weighted by Gasteiger charge is -2.25. The number of benzene rings is 1. The number of halogens is 1. The molecule has 0 radical (unpaired) electrons. The van der Waals surface area contributed by atoms with Gasteiger partial charge in [0.25, 0.3) is 0 Å². The summed E-state index contributed by atoms with van der Waals surface area (Å²) >= 11 is 5.90. The number of likely N-dealkylation sites (tertiary alicyclic amines) is 1. The second kappa shape index (κ2) is 8.62. The van der Waals surface area contributed by atoms with Gasteiger partial charge in [-0.3, -0.25) is 14.6 Å². The molecule has 0 saturated carbocycles. The van der Waals surface area contributed by atoms with Crippen molar-refractivity contribution in [2.24, 2.45) is 0 Å². The summed E-state index contributed by atoms with van der Waals surface area (Å²) in [6.07, 6.45) is 2.95. The average molecular weight is 379 g/mol. The van der Waals surface area contributed by atoms with Crippen LogP contribution in [0.4, 0.5) is 0 Å². The lowest BCUT2D eigenvalue weighted by molar-refractivity contribution is -0.138. The molecule has 1 unspecified atom stereocenters. The minimum absolute atomic E-state index is 0.0821. The number of likely N-dealkylation sites (N-methyl/N-ethyl adjacent to an activating group) is 1. The van der Waals surface area contributed by atoms with E-state index in [0.29, 0.717) is 29.3 Å². The molecule has 1 aromatic carbocycles. The minimum Gasteiger partial charge on any atom is -0.480 e. The van der Waals surface area contributed by atoms with Gasteiger partial charge in [-0.2, -0.15) is 4.98 Å². The Kier molecular flexibility index (Phi) is 6.24. The van der Waals surface area contributed by atoms with E-state index in [2.05, 4.69) is 15.0 Å². The van der Waals surface area contributed by atoms with Gasteiger partial charge in [0.1, 0.15) is 0 Å². The molecule has 1 fully saturated rings. The average Bonchev–Trinajstić information content (AvgIpc) is 2.93. The molecule has 8 heteroatoms. The quantitative estimate of drug-likeness (QED) is 0.827. The first-order valence-electron chi connectivity index (χ1n) is 8.74. The molecule has 140 valence electrons. The van der Waals surface area contributed by atoms with Crippen LogP contribution in [-0.4, -0.2) is 63.7 Å². The molecule has 1 aliphatic rings. The number of aromatic nitrogens is 2. The van der Waals surface area contributed by atoms with Crippen molar-refractivity contribution in [3.05, 3.63) is 35.2 Å². The fourth-order valence-corrected chi connectivity index (χ4v) is 3.43. The van der Waals surface area contributed by atoms with Gasteiger partial charge < -0.3 is 9.63 Å². The van der Waals surface area contributed by atoms with Gasteiger partial charge in [-0.1, -0.05) is 16.8 Å². The summed E-state index contributed by atoms with van der Waals surface area (Å²) in [5.41, 5.74) is 0.871. The Balaban J connectivity index is 1.56. The normalized spacial score (nSPS) is 18.8. The number of aliphatic carboxylic acids is 1. The fourth-order valence-electron chi connectivity index (χ4n) is 3.31. The largest absolute Gasteiger partial charge is 0.480 e. The topological polar surface area (TPSA) is 82.7 Å². The molecule has 0 amide bonds. The van der Waals surface area contributed by atoms with E-state index in [0.717, 1.165) is 37.9 Å². The second-order valence-corrected chi connectivity index (χ2v) is 7.12. The third-order valence-corrected chi connectivity index (χ3v) is 4.98. The molecule has 1 saturated heterocycles. The van der Waals surface area contributed by atoms with Crippen LogP contribution < -0.4 is 0 Å². The number of carboxylic acids is 1. The van der Waals surface area contributed by atoms with E-state index in [-0.39, 0.29) is 6.54 Å². The zero-order valence-corrected chi connectivity index (χ0v) is 15.5. The summed E-state index contributed by atoms with van der Waals surface area (Å²) in [7, 11) is 1.88. The van der Waals surface area contributed by atoms with Crippen LogP contribution in [0.3, 0.4) is 0 Å². The Hall–Kier alpha value is -1.96. The van der Waals surface area contributed by atoms with E-state index in [1.54, 1.807) is 12.1 Å². The van der Waals surface area contributed by atoms with Gasteiger partial charge in [0, 0.05) is 23.2 Å². The maximum atomic E-state index is 10.9. The number of carboxylic acid groups (broad SMARTS) is 1. The molecule has 1 atom stereocenters. The number of rotatable bonds is 6. The van der Waals surface area contributed by atoms with Crippen molar-refractivity contribution in [1.29, 1.82) is 0 Å². The zero-order valence-electron chi connectivity index (χ0n) is 14.8. The highest BCUT2D eigenvalue weighted by atomic mass is 35.5. The Bertz CT molecular complexity index is 734. The molecule has 2 aromatic rings. The van der Waals surface area contributed by atoms with Crippen LogP contribution in [-0.2, 0) is 11.3 Å². The summed E-state index contributed by atoms with van der Waals surface area (Å²) in [4.78, 5) is 19.6. The van der Waals surface area contributed by atoms with Crippen LogP contribution in [0.5, 0.6) is 0 Å². The lowest BCUT2D eigenvalue weighted by atomic mass is 10.1. The summed E-state index contributed by atoms with van der Waals surface area (Å²) < 4.78 is 5.40. The molecule has 1 aliphatic heterocycles. The van der Waals surface area contributed by atoms with Gasteiger partial charge >= 0.3 is 5.97 Å². The number of hydrogen-bond acceptors (Lipinski definition) is 6. The summed E-state index contributed by atoms with van der Waals surface area (Å²) in [6, 6.07) is 7.63. The van der Waals surface area contributed by atoms with Crippen LogP contribution in [0.1, 0.15) is 25.2 Å². The van der Waals surface area contributed by atoms with Crippen molar-refractivity contribution < 1.29 is 14.4 Å². The molecule has 2 heterocycles. The third kappa shape index (κ3) is 5.03. The Morgan fingerprint density at radius 1 is 1.35 bits per heavy atom. The van der Waals surface area contributed by atoms with Crippen molar-refractivity contribution in [3.63, 3.8) is 0 Å². The SMILES string of the molecule is CN(CC(=O)O)C1CCCN(Cc2nc(-c3ccc(Cl)cc3)no2)CC1. The van der Waals surface area contributed by atoms with E-state index in [1.807, 2.05) is 24.1 Å². The van der Waals surface area contributed by atoms with Gasteiger partial charge in [0.05, 0.1) is 13.1 Å².